The molecule has 1 aliphatic heterocycles. The molecule has 2 rings (SSSR count). The summed E-state index contributed by atoms with van der Waals surface area (Å²) in [5.74, 6) is 2.60. The van der Waals surface area contributed by atoms with E-state index in [9.17, 15) is 0 Å². The molecule has 1 aromatic rings. The molecule has 2 heterocycles. The molecule has 0 saturated carbocycles. The summed E-state index contributed by atoms with van der Waals surface area (Å²) in [6, 6.07) is 3.80. The van der Waals surface area contributed by atoms with E-state index in [1.54, 1.807) is 6.26 Å². The van der Waals surface area contributed by atoms with E-state index in [0.29, 0.717) is 13.2 Å². The van der Waals surface area contributed by atoms with Gasteiger partial charge in [0.2, 0.25) is 0 Å². The maximum absolute atomic E-state index is 5.57. The van der Waals surface area contributed by atoms with Crippen molar-refractivity contribution >= 4 is 5.96 Å². The van der Waals surface area contributed by atoms with Gasteiger partial charge in [-0.2, -0.15) is 0 Å². The van der Waals surface area contributed by atoms with Gasteiger partial charge in [0.15, 0.2) is 5.96 Å². The number of rotatable bonds is 10. The first kappa shape index (κ1) is 19.8. The van der Waals surface area contributed by atoms with Gasteiger partial charge in [-0.3, -0.25) is 4.99 Å². The van der Waals surface area contributed by atoms with Crippen molar-refractivity contribution in [1.29, 1.82) is 0 Å². The summed E-state index contributed by atoms with van der Waals surface area (Å²) in [5.41, 5.74) is 0. The van der Waals surface area contributed by atoms with Crippen LogP contribution in [0.2, 0.25) is 0 Å². The van der Waals surface area contributed by atoms with Crippen LogP contribution in [0.5, 0.6) is 0 Å². The quantitative estimate of drug-likeness (QED) is 0.386. The molecule has 0 aliphatic carbocycles. The van der Waals surface area contributed by atoms with Crippen molar-refractivity contribution in [2.75, 3.05) is 46.4 Å². The first-order valence-corrected chi connectivity index (χ1v) is 9.55. The van der Waals surface area contributed by atoms with Crippen LogP contribution in [0.4, 0.5) is 0 Å². The second kappa shape index (κ2) is 11.9. The molecule has 0 spiro atoms. The van der Waals surface area contributed by atoms with E-state index in [1.807, 2.05) is 19.2 Å². The standard InChI is InChI=1S/C19H34N4O2/c1-17-7-3-11-23(15-17)12-5-9-21-19(20-2)22-10-6-13-24-16-18-8-4-14-25-18/h4,8,14,17H,3,5-7,9-13,15-16H2,1-2H3,(H2,20,21,22). The second-order valence-electron chi connectivity index (χ2n) is 6.81. The third kappa shape index (κ3) is 8.40. The highest BCUT2D eigenvalue weighted by Gasteiger charge is 2.15. The van der Waals surface area contributed by atoms with Crippen LogP contribution in [0.3, 0.4) is 0 Å². The summed E-state index contributed by atoms with van der Waals surface area (Å²) in [6.07, 6.45) is 6.49. The molecule has 0 bridgehead atoms. The van der Waals surface area contributed by atoms with E-state index in [-0.39, 0.29) is 0 Å². The SMILES string of the molecule is CN=C(NCCCOCc1ccco1)NCCCN1CCCC(C)C1. The highest BCUT2D eigenvalue weighted by molar-refractivity contribution is 5.79. The molecule has 1 aromatic heterocycles. The summed E-state index contributed by atoms with van der Waals surface area (Å²) in [6.45, 7) is 9.09. The van der Waals surface area contributed by atoms with E-state index >= 15 is 0 Å². The molecule has 0 radical (unpaired) electrons. The lowest BCUT2D eigenvalue weighted by atomic mass is 10.0. The fourth-order valence-electron chi connectivity index (χ4n) is 3.17. The molecule has 1 atom stereocenters. The average Bonchev–Trinajstić information content (AvgIpc) is 3.13. The minimum Gasteiger partial charge on any atom is -0.467 e. The van der Waals surface area contributed by atoms with Crippen molar-refractivity contribution in [1.82, 2.24) is 15.5 Å². The van der Waals surface area contributed by atoms with E-state index in [0.717, 1.165) is 43.6 Å². The lowest BCUT2D eigenvalue weighted by molar-refractivity contribution is 0.105. The average molecular weight is 351 g/mol. The van der Waals surface area contributed by atoms with Gasteiger partial charge < -0.3 is 24.7 Å². The zero-order valence-corrected chi connectivity index (χ0v) is 15.8. The monoisotopic (exact) mass is 350 g/mol. The Balaban J connectivity index is 1.45. The summed E-state index contributed by atoms with van der Waals surface area (Å²) in [5, 5.41) is 6.72. The van der Waals surface area contributed by atoms with Gasteiger partial charge in [0.25, 0.3) is 0 Å². The number of guanidine groups is 1. The van der Waals surface area contributed by atoms with Gasteiger partial charge in [0.1, 0.15) is 12.4 Å². The Morgan fingerprint density at radius 2 is 2.20 bits per heavy atom. The Morgan fingerprint density at radius 1 is 1.36 bits per heavy atom. The summed E-state index contributed by atoms with van der Waals surface area (Å²) < 4.78 is 10.8. The van der Waals surface area contributed by atoms with Crippen LogP contribution < -0.4 is 10.6 Å². The van der Waals surface area contributed by atoms with Crippen molar-refractivity contribution in [3.63, 3.8) is 0 Å². The van der Waals surface area contributed by atoms with Gasteiger partial charge in [-0.15, -0.1) is 0 Å². The highest BCUT2D eigenvalue weighted by atomic mass is 16.5. The van der Waals surface area contributed by atoms with Crippen molar-refractivity contribution in [3.05, 3.63) is 24.2 Å². The lowest BCUT2D eigenvalue weighted by Gasteiger charge is -2.30. The number of nitrogens with zero attached hydrogens (tertiary/aromatic N) is 2. The summed E-state index contributed by atoms with van der Waals surface area (Å²) in [4.78, 5) is 6.85. The molecule has 1 fully saturated rings. The van der Waals surface area contributed by atoms with E-state index in [1.165, 1.54) is 32.5 Å². The number of piperidine rings is 1. The molecule has 142 valence electrons. The number of nitrogens with one attached hydrogen (secondary N) is 2. The molecule has 0 amide bonds. The third-order valence-electron chi connectivity index (χ3n) is 4.49. The minimum atomic E-state index is 0.537. The van der Waals surface area contributed by atoms with Crippen LogP contribution in [0.15, 0.2) is 27.8 Å². The van der Waals surface area contributed by atoms with Gasteiger partial charge in [0.05, 0.1) is 6.26 Å². The molecular formula is C19H34N4O2. The Kier molecular flexibility index (Phi) is 9.44. The van der Waals surface area contributed by atoms with Crippen LogP contribution in [0, 0.1) is 5.92 Å². The van der Waals surface area contributed by atoms with Crippen LogP contribution in [-0.2, 0) is 11.3 Å². The van der Waals surface area contributed by atoms with Crippen molar-refractivity contribution in [3.8, 4) is 0 Å². The second-order valence-corrected chi connectivity index (χ2v) is 6.81. The minimum absolute atomic E-state index is 0.537. The topological polar surface area (TPSA) is 62.0 Å². The fraction of sp³-hybridized carbons (Fsp3) is 0.737. The molecule has 6 heteroatoms. The zero-order chi connectivity index (χ0) is 17.7. The predicted octanol–water partition coefficient (Wildman–Crippen LogP) is 2.47. The van der Waals surface area contributed by atoms with Gasteiger partial charge in [-0.1, -0.05) is 6.92 Å². The van der Waals surface area contributed by atoms with Gasteiger partial charge >= 0.3 is 0 Å². The van der Waals surface area contributed by atoms with Crippen LogP contribution in [0.25, 0.3) is 0 Å². The fourth-order valence-corrected chi connectivity index (χ4v) is 3.17. The third-order valence-corrected chi connectivity index (χ3v) is 4.49. The van der Waals surface area contributed by atoms with Gasteiger partial charge in [0, 0.05) is 33.3 Å². The molecule has 1 aliphatic rings. The van der Waals surface area contributed by atoms with Crippen LogP contribution >= 0.6 is 0 Å². The molecule has 6 nitrogen and oxygen atoms in total. The maximum Gasteiger partial charge on any atom is 0.190 e. The number of furan rings is 1. The van der Waals surface area contributed by atoms with E-state index < -0.39 is 0 Å². The predicted molar refractivity (Wildman–Crippen MR) is 102 cm³/mol. The van der Waals surface area contributed by atoms with Crippen molar-refractivity contribution in [2.24, 2.45) is 10.9 Å². The Bertz CT molecular complexity index is 476. The first-order chi connectivity index (χ1) is 12.3. The molecule has 1 unspecified atom stereocenters. The first-order valence-electron chi connectivity index (χ1n) is 9.55. The van der Waals surface area contributed by atoms with Crippen LogP contribution in [0.1, 0.15) is 38.4 Å². The summed E-state index contributed by atoms with van der Waals surface area (Å²) in [7, 11) is 1.81. The Labute approximate surface area is 152 Å². The van der Waals surface area contributed by atoms with Crippen molar-refractivity contribution in [2.45, 2.75) is 39.2 Å². The number of likely N-dealkylation sites (tertiary alicyclic amines) is 1. The number of hydrogen-bond donors (Lipinski definition) is 2. The van der Waals surface area contributed by atoms with Gasteiger partial charge in [-0.25, -0.2) is 0 Å². The zero-order valence-electron chi connectivity index (χ0n) is 15.8. The summed E-state index contributed by atoms with van der Waals surface area (Å²) >= 11 is 0. The van der Waals surface area contributed by atoms with E-state index in [2.05, 4.69) is 27.4 Å². The van der Waals surface area contributed by atoms with Gasteiger partial charge in [-0.05, 0) is 56.8 Å². The van der Waals surface area contributed by atoms with Crippen LogP contribution in [-0.4, -0.2) is 57.2 Å². The highest BCUT2D eigenvalue weighted by Crippen LogP contribution is 2.15. The maximum atomic E-state index is 5.57. The number of aliphatic imine (C=N–C) groups is 1. The normalized spacial score (nSPS) is 19.1. The molecule has 2 N–H and O–H groups in total. The molecule has 1 saturated heterocycles. The molecule has 0 aromatic carbocycles. The smallest absolute Gasteiger partial charge is 0.190 e. The number of hydrogen-bond acceptors (Lipinski definition) is 4. The lowest BCUT2D eigenvalue weighted by Crippen LogP contribution is -2.40. The van der Waals surface area contributed by atoms with Crippen molar-refractivity contribution < 1.29 is 9.15 Å². The Hall–Kier alpha value is -1.53. The Morgan fingerprint density at radius 3 is 2.92 bits per heavy atom. The molecule has 25 heavy (non-hydrogen) atoms. The number of ether oxygens (including phenoxy) is 1. The molecular weight excluding hydrogens is 316 g/mol. The van der Waals surface area contributed by atoms with E-state index in [4.69, 9.17) is 9.15 Å². The largest absolute Gasteiger partial charge is 0.467 e.